The van der Waals surface area contributed by atoms with E-state index in [1.807, 2.05) is 17.8 Å². The van der Waals surface area contributed by atoms with E-state index in [1.54, 1.807) is 18.3 Å². The minimum atomic E-state index is -0.0153. The van der Waals surface area contributed by atoms with Gasteiger partial charge in [0, 0.05) is 31.2 Å². The minimum absolute atomic E-state index is 0.0153. The molecule has 0 unspecified atom stereocenters. The third-order valence-corrected chi connectivity index (χ3v) is 2.51. The van der Waals surface area contributed by atoms with Crippen molar-refractivity contribution in [2.45, 2.75) is 6.42 Å². The normalized spacial score (nSPS) is 10.4. The number of pyridine rings is 1. The number of ketones is 1. The predicted octanol–water partition coefficient (Wildman–Crippen LogP) is 1.89. The van der Waals surface area contributed by atoms with Gasteiger partial charge in [-0.05, 0) is 12.1 Å². The molecule has 0 saturated heterocycles. The monoisotopic (exact) mass is 235 g/mol. The number of imidazole rings is 1. The first kappa shape index (κ1) is 10.8. The number of nitrogens with zero attached hydrogens (tertiary/aromatic N) is 3. The van der Waals surface area contributed by atoms with E-state index < -0.39 is 0 Å². The fourth-order valence-electron chi connectivity index (χ4n) is 1.35. The van der Waals surface area contributed by atoms with Gasteiger partial charge in [-0.1, -0.05) is 11.6 Å². The average Bonchev–Trinajstić information content (AvgIpc) is 2.65. The van der Waals surface area contributed by atoms with Crippen molar-refractivity contribution in [2.75, 3.05) is 0 Å². The highest BCUT2D eigenvalue weighted by Gasteiger charge is 2.10. The van der Waals surface area contributed by atoms with Crippen molar-refractivity contribution in [2.24, 2.45) is 7.05 Å². The van der Waals surface area contributed by atoms with Gasteiger partial charge in [-0.25, -0.2) is 9.97 Å². The lowest BCUT2D eigenvalue weighted by molar-refractivity contribution is 0.0989. The number of carbonyl (C=O) groups excluding carboxylic acids is 1. The molecule has 2 aromatic rings. The molecular weight excluding hydrogens is 226 g/mol. The van der Waals surface area contributed by atoms with Gasteiger partial charge in [0.05, 0.1) is 6.42 Å². The lowest BCUT2D eigenvalue weighted by Gasteiger charge is -2.01. The van der Waals surface area contributed by atoms with Gasteiger partial charge in [-0.15, -0.1) is 0 Å². The molecule has 0 aliphatic rings. The van der Waals surface area contributed by atoms with Gasteiger partial charge in [-0.3, -0.25) is 4.79 Å². The van der Waals surface area contributed by atoms with Crippen LogP contribution in [0.25, 0.3) is 0 Å². The highest BCUT2D eigenvalue weighted by Crippen LogP contribution is 2.08. The summed E-state index contributed by atoms with van der Waals surface area (Å²) in [6.45, 7) is 0. The minimum Gasteiger partial charge on any atom is -0.338 e. The second-order valence-corrected chi connectivity index (χ2v) is 3.81. The zero-order valence-electron chi connectivity index (χ0n) is 8.72. The number of carbonyl (C=O) groups is 1. The van der Waals surface area contributed by atoms with Gasteiger partial charge in [0.1, 0.15) is 11.0 Å². The maximum atomic E-state index is 11.8. The standard InChI is InChI=1S/C11H10ClN3O/c1-15-5-4-13-11(15)6-9(16)8-2-3-10(12)14-7-8/h2-5,7H,6H2,1H3. The van der Waals surface area contributed by atoms with Crippen molar-refractivity contribution in [1.82, 2.24) is 14.5 Å². The van der Waals surface area contributed by atoms with Gasteiger partial charge in [0.2, 0.25) is 0 Å². The summed E-state index contributed by atoms with van der Waals surface area (Å²) in [5, 5.41) is 0.383. The molecule has 16 heavy (non-hydrogen) atoms. The van der Waals surface area contributed by atoms with Gasteiger partial charge < -0.3 is 4.57 Å². The quantitative estimate of drug-likeness (QED) is 0.603. The molecule has 0 amide bonds. The molecule has 0 spiro atoms. The third-order valence-electron chi connectivity index (χ3n) is 2.29. The molecule has 0 aliphatic carbocycles. The van der Waals surface area contributed by atoms with Crippen LogP contribution in [0.2, 0.25) is 5.15 Å². The Hall–Kier alpha value is -1.68. The molecule has 0 atom stereocenters. The van der Waals surface area contributed by atoms with E-state index in [2.05, 4.69) is 9.97 Å². The molecule has 2 heterocycles. The number of Topliss-reactive ketones (excluding diaryl/α,β-unsaturated/α-hetero) is 1. The number of halogens is 1. The van der Waals surface area contributed by atoms with Gasteiger partial charge in [-0.2, -0.15) is 0 Å². The van der Waals surface area contributed by atoms with Crippen LogP contribution in [0, 0.1) is 0 Å². The first-order chi connectivity index (χ1) is 7.66. The second-order valence-electron chi connectivity index (χ2n) is 3.42. The molecule has 0 fully saturated rings. The largest absolute Gasteiger partial charge is 0.338 e. The Labute approximate surface area is 97.9 Å². The number of hydrogen-bond acceptors (Lipinski definition) is 3. The summed E-state index contributed by atoms with van der Waals surface area (Å²) in [7, 11) is 1.86. The topological polar surface area (TPSA) is 47.8 Å². The van der Waals surface area contributed by atoms with Gasteiger partial charge in [0.25, 0.3) is 0 Å². The van der Waals surface area contributed by atoms with Crippen molar-refractivity contribution in [1.29, 1.82) is 0 Å². The summed E-state index contributed by atoms with van der Waals surface area (Å²) >= 11 is 5.65. The van der Waals surface area contributed by atoms with E-state index in [0.29, 0.717) is 10.7 Å². The van der Waals surface area contributed by atoms with Crippen LogP contribution in [0.3, 0.4) is 0 Å². The van der Waals surface area contributed by atoms with Crippen LogP contribution in [-0.4, -0.2) is 20.3 Å². The first-order valence-corrected chi connectivity index (χ1v) is 5.15. The molecule has 0 radical (unpaired) electrons. The molecule has 2 rings (SSSR count). The van der Waals surface area contributed by atoms with Crippen molar-refractivity contribution in [3.05, 3.63) is 47.3 Å². The van der Waals surface area contributed by atoms with Crippen molar-refractivity contribution in [3.8, 4) is 0 Å². The maximum Gasteiger partial charge on any atom is 0.171 e. The lowest BCUT2D eigenvalue weighted by Crippen LogP contribution is -2.08. The van der Waals surface area contributed by atoms with E-state index in [0.717, 1.165) is 5.82 Å². The van der Waals surface area contributed by atoms with Crippen LogP contribution in [0.5, 0.6) is 0 Å². The summed E-state index contributed by atoms with van der Waals surface area (Å²) in [5.41, 5.74) is 0.549. The van der Waals surface area contributed by atoms with E-state index in [1.165, 1.54) is 6.20 Å². The molecule has 2 aromatic heterocycles. The van der Waals surface area contributed by atoms with Gasteiger partial charge in [0.15, 0.2) is 5.78 Å². The Morgan fingerprint density at radius 1 is 1.44 bits per heavy atom. The first-order valence-electron chi connectivity index (χ1n) is 4.78. The molecule has 82 valence electrons. The predicted molar refractivity (Wildman–Crippen MR) is 60.5 cm³/mol. The second kappa shape index (κ2) is 4.45. The number of rotatable bonds is 3. The molecular formula is C11H10ClN3O. The SMILES string of the molecule is Cn1ccnc1CC(=O)c1ccc(Cl)nc1. The molecule has 0 bridgehead atoms. The third kappa shape index (κ3) is 2.28. The Morgan fingerprint density at radius 2 is 2.25 bits per heavy atom. The zero-order chi connectivity index (χ0) is 11.5. The van der Waals surface area contributed by atoms with Crippen LogP contribution < -0.4 is 0 Å². The Bertz CT molecular complexity index is 504. The zero-order valence-corrected chi connectivity index (χ0v) is 9.48. The Balaban J connectivity index is 2.15. The maximum absolute atomic E-state index is 11.8. The van der Waals surface area contributed by atoms with Crippen LogP contribution >= 0.6 is 11.6 Å². The lowest BCUT2D eigenvalue weighted by atomic mass is 10.1. The average molecular weight is 236 g/mol. The van der Waals surface area contributed by atoms with Crippen LogP contribution in [0.15, 0.2) is 30.7 Å². The van der Waals surface area contributed by atoms with Gasteiger partial charge >= 0.3 is 0 Å². The Morgan fingerprint density at radius 3 is 2.81 bits per heavy atom. The number of hydrogen-bond donors (Lipinski definition) is 0. The molecule has 0 aliphatic heterocycles. The molecule has 5 heteroatoms. The summed E-state index contributed by atoms with van der Waals surface area (Å²) < 4.78 is 1.82. The van der Waals surface area contributed by atoms with Crippen molar-refractivity contribution >= 4 is 17.4 Å². The van der Waals surface area contributed by atoms with Crippen LogP contribution in [-0.2, 0) is 13.5 Å². The fraction of sp³-hybridized carbons (Fsp3) is 0.182. The van der Waals surface area contributed by atoms with Crippen LogP contribution in [0.1, 0.15) is 16.2 Å². The summed E-state index contributed by atoms with van der Waals surface area (Å²) in [5.74, 6) is 0.721. The van der Waals surface area contributed by atoms with Crippen LogP contribution in [0.4, 0.5) is 0 Å². The van der Waals surface area contributed by atoms with E-state index >= 15 is 0 Å². The highest BCUT2D eigenvalue weighted by atomic mass is 35.5. The Kier molecular flexibility index (Phi) is 3.01. The van der Waals surface area contributed by atoms with E-state index in [9.17, 15) is 4.79 Å². The molecule has 0 aromatic carbocycles. The molecule has 4 nitrogen and oxygen atoms in total. The number of aryl methyl sites for hydroxylation is 1. The van der Waals surface area contributed by atoms with Crippen molar-refractivity contribution < 1.29 is 4.79 Å². The summed E-state index contributed by atoms with van der Waals surface area (Å²) in [6, 6.07) is 3.27. The highest BCUT2D eigenvalue weighted by molar-refractivity contribution is 6.29. The summed E-state index contributed by atoms with van der Waals surface area (Å²) in [6.07, 6.45) is 5.23. The fourth-order valence-corrected chi connectivity index (χ4v) is 1.47. The van der Waals surface area contributed by atoms with E-state index in [-0.39, 0.29) is 12.2 Å². The smallest absolute Gasteiger partial charge is 0.171 e. The van der Waals surface area contributed by atoms with E-state index in [4.69, 9.17) is 11.6 Å². The van der Waals surface area contributed by atoms with Crippen molar-refractivity contribution in [3.63, 3.8) is 0 Å². The summed E-state index contributed by atoms with van der Waals surface area (Å²) in [4.78, 5) is 19.8. The molecule has 0 saturated carbocycles. The number of aromatic nitrogens is 3. The molecule has 0 N–H and O–H groups in total.